The lowest BCUT2D eigenvalue weighted by Gasteiger charge is -2.37. The Hall–Kier alpha value is -3.67. The first-order valence-corrected chi connectivity index (χ1v) is 16.2. The Morgan fingerprint density at radius 3 is 2.67 bits per heavy atom. The fourth-order valence-electron chi connectivity index (χ4n) is 7.63. The highest BCUT2D eigenvalue weighted by atomic mass is 32.1. The predicted molar refractivity (Wildman–Crippen MR) is 167 cm³/mol. The van der Waals surface area contributed by atoms with Gasteiger partial charge in [0.15, 0.2) is 5.82 Å². The number of nitriles is 1. The van der Waals surface area contributed by atoms with E-state index in [1.54, 1.807) is 13.2 Å². The van der Waals surface area contributed by atoms with E-state index in [4.69, 9.17) is 24.9 Å². The van der Waals surface area contributed by atoms with Crippen LogP contribution in [-0.4, -0.2) is 79.5 Å². The largest absolute Gasteiger partial charge is 0.462 e. The Morgan fingerprint density at radius 1 is 1.11 bits per heavy atom. The lowest BCUT2D eigenvalue weighted by Crippen LogP contribution is -2.52. The Labute approximate surface area is 262 Å². The second-order valence-electron chi connectivity index (χ2n) is 12.2. The molecule has 3 N–H and O–H groups in total. The van der Waals surface area contributed by atoms with Crippen molar-refractivity contribution in [2.45, 2.75) is 50.7 Å². The van der Waals surface area contributed by atoms with Crippen molar-refractivity contribution in [2.24, 2.45) is 0 Å². The summed E-state index contributed by atoms with van der Waals surface area (Å²) >= 11 is 1.18. The summed E-state index contributed by atoms with van der Waals surface area (Å²) in [7, 11) is 1.73. The zero-order valence-corrected chi connectivity index (χ0v) is 25.7. The zero-order valence-electron chi connectivity index (χ0n) is 24.9. The summed E-state index contributed by atoms with van der Waals surface area (Å²) in [5, 5.41) is 14.6. The van der Waals surface area contributed by atoms with Gasteiger partial charge in [0.1, 0.15) is 34.8 Å². The van der Waals surface area contributed by atoms with Crippen molar-refractivity contribution < 1.29 is 23.0 Å². The minimum Gasteiger partial charge on any atom is -0.462 e. The number of halogens is 2. The number of aromatic nitrogens is 2. The van der Waals surface area contributed by atoms with E-state index in [1.165, 1.54) is 17.4 Å². The van der Waals surface area contributed by atoms with Crippen LogP contribution in [0.4, 0.5) is 19.6 Å². The maximum absolute atomic E-state index is 17.2. The van der Waals surface area contributed by atoms with Crippen LogP contribution >= 0.6 is 11.3 Å². The van der Waals surface area contributed by atoms with Gasteiger partial charge in [-0.05, 0) is 42.5 Å². The highest BCUT2D eigenvalue weighted by molar-refractivity contribution is 7.23. The Kier molecular flexibility index (Phi) is 7.22. The van der Waals surface area contributed by atoms with Crippen LogP contribution in [0.1, 0.15) is 36.0 Å². The van der Waals surface area contributed by atoms with Gasteiger partial charge in [0, 0.05) is 73.1 Å². The van der Waals surface area contributed by atoms with Crippen molar-refractivity contribution in [1.29, 1.82) is 5.26 Å². The first-order valence-electron chi connectivity index (χ1n) is 15.4. The molecule has 13 heteroatoms. The maximum atomic E-state index is 17.2. The number of nitrogen functional groups attached to an aromatic ring is 1. The summed E-state index contributed by atoms with van der Waals surface area (Å²) < 4.78 is 51.3. The smallest absolute Gasteiger partial charge is 0.319 e. The maximum Gasteiger partial charge on any atom is 0.319 e. The molecule has 0 saturated carbocycles. The van der Waals surface area contributed by atoms with Crippen molar-refractivity contribution in [3.8, 4) is 23.2 Å². The third-order valence-electron chi connectivity index (χ3n) is 9.78. The van der Waals surface area contributed by atoms with E-state index in [-0.39, 0.29) is 64.6 Å². The number of ether oxygens (including phenoxy) is 3. The normalized spacial score (nSPS) is 22.9. The van der Waals surface area contributed by atoms with Crippen molar-refractivity contribution in [1.82, 2.24) is 20.2 Å². The van der Waals surface area contributed by atoms with Gasteiger partial charge in [-0.3, -0.25) is 4.90 Å². The minimum atomic E-state index is -0.687. The Bertz CT molecular complexity index is 1860. The molecule has 45 heavy (non-hydrogen) atoms. The van der Waals surface area contributed by atoms with Crippen LogP contribution in [0, 0.1) is 23.0 Å². The average Bonchev–Trinajstić information content (AvgIpc) is 3.82. The molecule has 0 aliphatic carbocycles. The van der Waals surface area contributed by atoms with E-state index in [9.17, 15) is 5.26 Å². The molecule has 0 radical (unpaired) electrons. The molecule has 8 rings (SSSR count). The molecular formula is C32H33F2N7O3S. The molecule has 2 aromatic carbocycles. The molecule has 6 heterocycles. The van der Waals surface area contributed by atoms with Gasteiger partial charge >= 0.3 is 6.01 Å². The predicted octanol–water partition coefficient (Wildman–Crippen LogP) is 4.31. The van der Waals surface area contributed by atoms with Crippen LogP contribution in [0.15, 0.2) is 12.1 Å². The number of benzene rings is 2. The quantitative estimate of drug-likeness (QED) is 0.305. The number of hydrogen-bond acceptors (Lipinski definition) is 11. The minimum absolute atomic E-state index is 0.00440. The summed E-state index contributed by atoms with van der Waals surface area (Å²) in [6.45, 7) is 4.63. The van der Waals surface area contributed by atoms with Gasteiger partial charge in [-0.2, -0.15) is 15.2 Å². The molecule has 234 valence electrons. The average molecular weight is 634 g/mol. The van der Waals surface area contributed by atoms with Crippen LogP contribution in [0.25, 0.3) is 32.1 Å². The number of nitrogens with zero attached hydrogens (tertiary/aromatic N) is 5. The van der Waals surface area contributed by atoms with E-state index in [1.807, 2.05) is 0 Å². The number of likely N-dealkylation sites (tertiary alicyclic amines) is 1. The zero-order chi connectivity index (χ0) is 30.8. The molecule has 3 saturated heterocycles. The number of nitrogens with one attached hydrogen (secondary N) is 1. The van der Waals surface area contributed by atoms with Gasteiger partial charge in [0.25, 0.3) is 0 Å². The number of rotatable bonds is 7. The summed E-state index contributed by atoms with van der Waals surface area (Å²) in [5.41, 5.74) is 7.70. The summed E-state index contributed by atoms with van der Waals surface area (Å²) in [4.78, 5) is 14.2. The summed E-state index contributed by atoms with van der Waals surface area (Å²) in [5.74, 6) is -0.698. The molecular weight excluding hydrogens is 600 g/mol. The van der Waals surface area contributed by atoms with Crippen LogP contribution < -0.4 is 20.7 Å². The van der Waals surface area contributed by atoms with E-state index in [0.717, 1.165) is 51.0 Å². The topological polar surface area (TPSA) is 122 Å². The van der Waals surface area contributed by atoms with Gasteiger partial charge in [0.2, 0.25) is 0 Å². The number of nitrogens with two attached hydrogens (primary N) is 1. The highest BCUT2D eigenvalue weighted by Gasteiger charge is 2.40. The monoisotopic (exact) mass is 633 g/mol. The van der Waals surface area contributed by atoms with Crippen molar-refractivity contribution in [2.75, 3.05) is 57.1 Å². The van der Waals surface area contributed by atoms with Crippen LogP contribution in [0.2, 0.25) is 0 Å². The third kappa shape index (κ3) is 4.61. The van der Waals surface area contributed by atoms with Gasteiger partial charge in [-0.15, -0.1) is 11.3 Å². The van der Waals surface area contributed by atoms with Crippen molar-refractivity contribution in [3.05, 3.63) is 40.5 Å². The fourth-order valence-corrected chi connectivity index (χ4v) is 8.56. The van der Waals surface area contributed by atoms with E-state index >= 15 is 8.78 Å². The molecule has 3 atom stereocenters. The van der Waals surface area contributed by atoms with Crippen LogP contribution in [0.5, 0.6) is 6.01 Å². The van der Waals surface area contributed by atoms with Gasteiger partial charge in [-0.25, -0.2) is 8.78 Å². The SMILES string of the molecule is CO[C@H]1CCN(CCOc2nc(N3C4CCC3CNC4)c3c4c(c(-c5c(F)ccc6sc(N)c(C#N)c56)c(F)c3n2)COC4)C1. The third-order valence-corrected chi connectivity index (χ3v) is 10.8. The summed E-state index contributed by atoms with van der Waals surface area (Å²) in [6, 6.07) is 5.46. The standard InChI is InChI=1S/C32H33F2N7O3S/c1-42-18-6-7-40(13-18)8-9-44-32-38-29-26(31(39-32)41-16-2-3-17(41)12-37-11-16)21-15-43-14-20(21)25(28(29)34)27-22(33)4-5-23-24(27)19(10-35)30(36)45-23/h4-5,16-18,37H,2-3,6-9,11-15,36H2,1H3/t16?,17?,18-/m0/s1. The lowest BCUT2D eigenvalue weighted by molar-refractivity contribution is 0.105. The number of piperazine rings is 1. The molecule has 2 aromatic heterocycles. The highest BCUT2D eigenvalue weighted by Crippen LogP contribution is 2.48. The van der Waals surface area contributed by atoms with Crippen LogP contribution in [-0.2, 0) is 22.7 Å². The number of thiophene rings is 1. The van der Waals surface area contributed by atoms with E-state index < -0.39 is 11.6 Å². The van der Waals surface area contributed by atoms with Gasteiger partial charge in [0.05, 0.1) is 30.3 Å². The molecule has 0 spiro atoms. The van der Waals surface area contributed by atoms with Gasteiger partial charge < -0.3 is 30.2 Å². The molecule has 4 aliphatic rings. The molecule has 2 bridgehead atoms. The number of hydrogen-bond donors (Lipinski definition) is 2. The molecule has 2 unspecified atom stereocenters. The van der Waals surface area contributed by atoms with Crippen LogP contribution in [0.3, 0.4) is 0 Å². The second-order valence-corrected chi connectivity index (χ2v) is 13.3. The van der Waals surface area contributed by atoms with Crippen molar-refractivity contribution in [3.63, 3.8) is 0 Å². The van der Waals surface area contributed by atoms with E-state index in [0.29, 0.717) is 40.0 Å². The Balaban J connectivity index is 1.31. The van der Waals surface area contributed by atoms with Crippen molar-refractivity contribution >= 4 is 43.1 Å². The lowest BCUT2D eigenvalue weighted by atomic mass is 9.90. The molecule has 3 fully saturated rings. The molecule has 10 nitrogen and oxygen atoms in total. The van der Waals surface area contributed by atoms with Gasteiger partial charge in [-0.1, -0.05) is 0 Å². The second kappa shape index (κ2) is 11.3. The molecule has 4 aliphatic heterocycles. The fraction of sp³-hybridized carbons (Fsp3) is 0.469. The number of fused-ring (bicyclic) bond motifs is 6. The molecule has 4 aromatic rings. The first kappa shape index (κ1) is 28.8. The molecule has 0 amide bonds. The van der Waals surface area contributed by atoms with E-state index in [2.05, 4.69) is 26.2 Å². The number of anilines is 2. The summed E-state index contributed by atoms with van der Waals surface area (Å²) in [6.07, 6.45) is 3.17. The Morgan fingerprint density at radius 2 is 1.91 bits per heavy atom. The first-order chi connectivity index (χ1) is 22.0. The number of methoxy groups -OCH3 is 1.